The van der Waals surface area contributed by atoms with E-state index in [1.807, 2.05) is 0 Å². The summed E-state index contributed by atoms with van der Waals surface area (Å²) in [6.07, 6.45) is -8.41. The molecule has 1 aliphatic rings. The van der Waals surface area contributed by atoms with Gasteiger partial charge in [0.1, 0.15) is 0 Å². The molecule has 2 N–H and O–H groups in total. The number of carbonyl (C=O) groups excluding carboxylic acids is 1. The SMILES string of the molecule is O=C(NCc1cc(C(F)(F)F)cc(C(F)(F)F)c1)[C@H]1CCCN1. The first-order valence-electron chi connectivity index (χ1n) is 6.87. The maximum atomic E-state index is 12.7. The van der Waals surface area contributed by atoms with Crippen molar-refractivity contribution >= 4 is 5.91 Å². The molecule has 1 saturated heterocycles. The first-order valence-corrected chi connectivity index (χ1v) is 6.87. The van der Waals surface area contributed by atoms with Crippen molar-refractivity contribution in [3.05, 3.63) is 34.9 Å². The van der Waals surface area contributed by atoms with Crippen molar-refractivity contribution in [1.29, 1.82) is 0 Å². The van der Waals surface area contributed by atoms with Gasteiger partial charge in [0.05, 0.1) is 17.2 Å². The van der Waals surface area contributed by atoms with Crippen molar-refractivity contribution < 1.29 is 31.1 Å². The molecule has 0 unspecified atom stereocenters. The Kier molecular flexibility index (Phi) is 4.88. The van der Waals surface area contributed by atoms with Gasteiger partial charge in [0.2, 0.25) is 5.91 Å². The lowest BCUT2D eigenvalue weighted by atomic mass is 10.0. The molecule has 1 aromatic rings. The third-order valence-corrected chi connectivity index (χ3v) is 3.49. The van der Waals surface area contributed by atoms with Gasteiger partial charge in [-0.15, -0.1) is 0 Å². The van der Waals surface area contributed by atoms with Gasteiger partial charge < -0.3 is 10.6 Å². The summed E-state index contributed by atoms with van der Waals surface area (Å²) in [6.45, 7) is 0.254. The molecule has 0 radical (unpaired) electrons. The molecule has 1 fully saturated rings. The second-order valence-electron chi connectivity index (χ2n) is 5.28. The van der Waals surface area contributed by atoms with Crippen LogP contribution in [-0.2, 0) is 23.7 Å². The Balaban J connectivity index is 2.18. The van der Waals surface area contributed by atoms with E-state index in [0.29, 0.717) is 25.1 Å². The Morgan fingerprint density at radius 3 is 2.09 bits per heavy atom. The van der Waals surface area contributed by atoms with Crippen LogP contribution >= 0.6 is 0 Å². The molecule has 9 heteroatoms. The van der Waals surface area contributed by atoms with E-state index >= 15 is 0 Å². The van der Waals surface area contributed by atoms with Gasteiger partial charge in [-0.2, -0.15) is 26.3 Å². The zero-order valence-electron chi connectivity index (χ0n) is 11.8. The predicted octanol–water partition coefficient (Wildman–Crippen LogP) is 3.09. The third-order valence-electron chi connectivity index (χ3n) is 3.49. The van der Waals surface area contributed by atoms with Crippen LogP contribution in [0.2, 0.25) is 0 Å². The smallest absolute Gasteiger partial charge is 0.351 e. The molecule has 128 valence electrons. The van der Waals surface area contributed by atoms with Gasteiger partial charge in [0.15, 0.2) is 0 Å². The highest BCUT2D eigenvalue weighted by Crippen LogP contribution is 2.36. The molecule has 1 heterocycles. The van der Waals surface area contributed by atoms with Crippen molar-refractivity contribution in [3.63, 3.8) is 0 Å². The maximum Gasteiger partial charge on any atom is 0.416 e. The molecule has 0 bridgehead atoms. The van der Waals surface area contributed by atoms with E-state index in [-0.39, 0.29) is 11.6 Å². The predicted molar refractivity (Wildman–Crippen MR) is 69.3 cm³/mol. The fraction of sp³-hybridized carbons (Fsp3) is 0.500. The first kappa shape index (κ1) is 17.6. The van der Waals surface area contributed by atoms with Crippen molar-refractivity contribution in [1.82, 2.24) is 10.6 Å². The summed E-state index contributed by atoms with van der Waals surface area (Å²) in [5.41, 5.74) is -3.04. The zero-order chi connectivity index (χ0) is 17.3. The molecule has 0 aromatic heterocycles. The molecule has 1 atom stereocenters. The second kappa shape index (κ2) is 6.38. The highest BCUT2D eigenvalue weighted by atomic mass is 19.4. The summed E-state index contributed by atoms with van der Waals surface area (Å²) in [4.78, 5) is 11.8. The van der Waals surface area contributed by atoms with Crippen LogP contribution in [0.25, 0.3) is 0 Å². The minimum Gasteiger partial charge on any atom is -0.351 e. The monoisotopic (exact) mass is 340 g/mol. The molecule has 0 aliphatic carbocycles. The van der Waals surface area contributed by atoms with E-state index in [9.17, 15) is 31.1 Å². The minimum absolute atomic E-state index is 0.0594. The largest absolute Gasteiger partial charge is 0.416 e. The molecule has 1 aromatic carbocycles. The number of benzene rings is 1. The lowest BCUT2D eigenvalue weighted by Gasteiger charge is -2.15. The number of hydrogen-bond donors (Lipinski definition) is 2. The quantitative estimate of drug-likeness (QED) is 0.831. The van der Waals surface area contributed by atoms with Crippen LogP contribution in [0.5, 0.6) is 0 Å². The number of hydrogen-bond acceptors (Lipinski definition) is 2. The molecule has 0 saturated carbocycles. The minimum atomic E-state index is -4.90. The van der Waals surface area contributed by atoms with Gasteiger partial charge in [0, 0.05) is 6.54 Å². The normalized spacial score (nSPS) is 19.0. The van der Waals surface area contributed by atoms with Crippen LogP contribution in [-0.4, -0.2) is 18.5 Å². The lowest BCUT2D eigenvalue weighted by Crippen LogP contribution is -2.40. The fourth-order valence-electron chi connectivity index (χ4n) is 2.34. The number of rotatable bonds is 3. The van der Waals surface area contributed by atoms with Gasteiger partial charge in [0.25, 0.3) is 0 Å². The standard InChI is InChI=1S/C14H14F6N2O/c15-13(16,17)9-4-8(5-10(6-9)14(18,19)20)7-22-12(23)11-2-1-3-21-11/h4-6,11,21H,1-3,7H2,(H,22,23)/t11-/m1/s1. The highest BCUT2D eigenvalue weighted by Gasteiger charge is 2.36. The van der Waals surface area contributed by atoms with Crippen molar-refractivity contribution in [3.8, 4) is 0 Å². The number of carbonyl (C=O) groups is 1. The van der Waals surface area contributed by atoms with Crippen LogP contribution in [0.15, 0.2) is 18.2 Å². The van der Waals surface area contributed by atoms with Gasteiger partial charge in [-0.05, 0) is 43.1 Å². The number of nitrogens with one attached hydrogen (secondary N) is 2. The van der Waals surface area contributed by atoms with Crippen LogP contribution in [0.3, 0.4) is 0 Å². The summed E-state index contributed by atoms with van der Waals surface area (Å²) in [5.74, 6) is -0.437. The van der Waals surface area contributed by atoms with Crippen LogP contribution in [0.1, 0.15) is 29.5 Å². The summed E-state index contributed by atoms with van der Waals surface area (Å²) < 4.78 is 76.3. The highest BCUT2D eigenvalue weighted by molar-refractivity contribution is 5.81. The van der Waals surface area contributed by atoms with Crippen LogP contribution in [0.4, 0.5) is 26.3 Å². The van der Waals surface area contributed by atoms with E-state index in [0.717, 1.165) is 6.42 Å². The van der Waals surface area contributed by atoms with Crippen molar-refractivity contribution in [2.45, 2.75) is 37.8 Å². The Hall–Kier alpha value is -1.77. The summed E-state index contributed by atoms with van der Waals surface area (Å²) >= 11 is 0. The van der Waals surface area contributed by atoms with Crippen LogP contribution < -0.4 is 10.6 Å². The Morgan fingerprint density at radius 2 is 1.65 bits per heavy atom. The summed E-state index contributed by atoms with van der Waals surface area (Å²) in [7, 11) is 0. The third kappa shape index (κ3) is 4.60. The first-order chi connectivity index (χ1) is 10.6. The number of amides is 1. The van der Waals surface area contributed by atoms with E-state index < -0.39 is 42.0 Å². The molecule has 2 rings (SSSR count). The van der Waals surface area contributed by atoms with Gasteiger partial charge >= 0.3 is 12.4 Å². The number of alkyl halides is 6. The van der Waals surface area contributed by atoms with E-state index in [4.69, 9.17) is 0 Å². The average Bonchev–Trinajstić information content (AvgIpc) is 2.96. The van der Waals surface area contributed by atoms with Gasteiger partial charge in [-0.3, -0.25) is 4.79 Å². The molecular formula is C14H14F6N2O. The van der Waals surface area contributed by atoms with Gasteiger partial charge in [-0.1, -0.05) is 0 Å². The fourth-order valence-corrected chi connectivity index (χ4v) is 2.34. The molecule has 3 nitrogen and oxygen atoms in total. The Labute approximate surface area is 128 Å². The van der Waals surface area contributed by atoms with Crippen LogP contribution in [0, 0.1) is 0 Å². The summed E-state index contributed by atoms with van der Waals surface area (Å²) in [5, 5.41) is 5.25. The molecule has 1 amide bonds. The Morgan fingerprint density at radius 1 is 1.09 bits per heavy atom. The Bertz CT molecular complexity index is 543. The van der Waals surface area contributed by atoms with Gasteiger partial charge in [-0.25, -0.2) is 0 Å². The molecule has 23 heavy (non-hydrogen) atoms. The lowest BCUT2D eigenvalue weighted by molar-refractivity contribution is -0.143. The maximum absolute atomic E-state index is 12.7. The zero-order valence-corrected chi connectivity index (χ0v) is 11.8. The molecule has 1 aliphatic heterocycles. The van der Waals surface area contributed by atoms with Crippen molar-refractivity contribution in [2.24, 2.45) is 0 Å². The molecule has 0 spiro atoms. The topological polar surface area (TPSA) is 41.1 Å². The van der Waals surface area contributed by atoms with E-state index in [1.54, 1.807) is 0 Å². The van der Waals surface area contributed by atoms with E-state index in [2.05, 4.69) is 10.6 Å². The molecular weight excluding hydrogens is 326 g/mol. The average molecular weight is 340 g/mol. The van der Waals surface area contributed by atoms with E-state index in [1.165, 1.54) is 0 Å². The number of halogens is 6. The second-order valence-corrected chi connectivity index (χ2v) is 5.28. The summed E-state index contributed by atoms with van der Waals surface area (Å²) in [6, 6.07) is 0.821. The van der Waals surface area contributed by atoms with Crippen molar-refractivity contribution in [2.75, 3.05) is 6.54 Å².